The van der Waals surface area contributed by atoms with Gasteiger partial charge in [-0.1, -0.05) is 44.9 Å². The van der Waals surface area contributed by atoms with Crippen molar-refractivity contribution in [1.29, 1.82) is 0 Å². The van der Waals surface area contributed by atoms with Crippen molar-refractivity contribution in [2.24, 2.45) is 11.8 Å². The number of para-hydroxylation sites is 1. The van der Waals surface area contributed by atoms with Crippen molar-refractivity contribution >= 4 is 26.6 Å². The molecule has 1 amide bonds. The number of hydrogen-bond donors (Lipinski definition) is 1. The Hall–Kier alpha value is -1.95. The summed E-state index contributed by atoms with van der Waals surface area (Å²) in [7, 11) is -3.83. The summed E-state index contributed by atoms with van der Waals surface area (Å²) in [4.78, 5) is 16.9. The summed E-state index contributed by atoms with van der Waals surface area (Å²) in [5, 5.41) is 2.62. The molecule has 1 aliphatic rings. The van der Waals surface area contributed by atoms with Crippen LogP contribution in [0.2, 0.25) is 0 Å². The Kier molecular flexibility index (Phi) is 5.32. The van der Waals surface area contributed by atoms with Gasteiger partial charge in [-0.15, -0.1) is 0 Å². The maximum absolute atomic E-state index is 12.9. The molecule has 5 nitrogen and oxygen atoms in total. The molecule has 1 fully saturated rings. The minimum absolute atomic E-state index is 0.0356. The number of carbonyl (C=O) groups excluding carboxylic acids is 1. The molecule has 140 valence electrons. The summed E-state index contributed by atoms with van der Waals surface area (Å²) in [6, 6.07) is 10.6. The first kappa shape index (κ1) is 18.8. The lowest BCUT2D eigenvalue weighted by Crippen LogP contribution is -2.48. The summed E-state index contributed by atoms with van der Waals surface area (Å²) in [6.45, 7) is 5.75. The average Bonchev–Trinajstić information content (AvgIpc) is 2.64. The van der Waals surface area contributed by atoms with E-state index in [-0.39, 0.29) is 11.1 Å². The van der Waals surface area contributed by atoms with Crippen LogP contribution in [0, 0.1) is 11.8 Å². The van der Waals surface area contributed by atoms with Crippen LogP contribution < -0.4 is 5.32 Å². The van der Waals surface area contributed by atoms with E-state index in [4.69, 9.17) is 0 Å². The Balaban J connectivity index is 1.80. The summed E-state index contributed by atoms with van der Waals surface area (Å²) in [6.07, 6.45) is 3.12. The van der Waals surface area contributed by atoms with Gasteiger partial charge in [-0.2, -0.15) is 0 Å². The molecule has 4 atom stereocenters. The zero-order chi connectivity index (χ0) is 18.9. The van der Waals surface area contributed by atoms with Crippen molar-refractivity contribution in [1.82, 2.24) is 10.3 Å². The molecule has 0 unspecified atom stereocenters. The Labute approximate surface area is 155 Å². The Morgan fingerprint density at radius 2 is 1.88 bits per heavy atom. The number of hydrogen-bond acceptors (Lipinski definition) is 4. The van der Waals surface area contributed by atoms with Crippen molar-refractivity contribution in [3.63, 3.8) is 0 Å². The highest BCUT2D eigenvalue weighted by Gasteiger charge is 2.34. The first-order chi connectivity index (χ1) is 12.3. The lowest BCUT2D eigenvalue weighted by Gasteiger charge is -2.35. The molecular weight excluding hydrogens is 348 g/mol. The van der Waals surface area contributed by atoms with Gasteiger partial charge in [-0.25, -0.2) is 13.4 Å². The zero-order valence-electron chi connectivity index (χ0n) is 15.5. The number of aromatic nitrogens is 1. The predicted molar refractivity (Wildman–Crippen MR) is 103 cm³/mol. The molecule has 1 aromatic heterocycles. The van der Waals surface area contributed by atoms with Crippen LogP contribution in [0.5, 0.6) is 0 Å². The summed E-state index contributed by atoms with van der Waals surface area (Å²) >= 11 is 0. The van der Waals surface area contributed by atoms with E-state index in [0.29, 0.717) is 17.4 Å². The van der Waals surface area contributed by atoms with Gasteiger partial charge in [0.25, 0.3) is 0 Å². The van der Waals surface area contributed by atoms with E-state index in [2.05, 4.69) is 24.1 Å². The Bertz CT molecular complexity index is 910. The monoisotopic (exact) mass is 374 g/mol. The van der Waals surface area contributed by atoms with Crippen LogP contribution in [0.4, 0.5) is 0 Å². The highest BCUT2D eigenvalue weighted by atomic mass is 32.2. The normalized spacial score (nSPS) is 25.0. The van der Waals surface area contributed by atoms with Gasteiger partial charge in [0.1, 0.15) is 5.25 Å². The Morgan fingerprint density at radius 1 is 1.15 bits per heavy atom. The molecule has 1 saturated carbocycles. The van der Waals surface area contributed by atoms with Crippen LogP contribution in [0.3, 0.4) is 0 Å². The minimum Gasteiger partial charge on any atom is -0.352 e. The molecule has 0 saturated heterocycles. The van der Waals surface area contributed by atoms with Gasteiger partial charge in [0.05, 0.1) is 5.52 Å². The van der Waals surface area contributed by atoms with Crippen LogP contribution >= 0.6 is 0 Å². The molecule has 2 aromatic rings. The molecule has 0 radical (unpaired) electrons. The van der Waals surface area contributed by atoms with E-state index < -0.39 is 21.0 Å². The van der Waals surface area contributed by atoms with E-state index in [0.717, 1.165) is 24.6 Å². The number of benzene rings is 1. The van der Waals surface area contributed by atoms with Crippen molar-refractivity contribution in [3.8, 4) is 0 Å². The fourth-order valence-corrected chi connectivity index (χ4v) is 4.81. The molecule has 1 aromatic carbocycles. The summed E-state index contributed by atoms with van der Waals surface area (Å²) in [5.74, 6) is 0.440. The largest absolute Gasteiger partial charge is 0.352 e. The van der Waals surface area contributed by atoms with Gasteiger partial charge in [-0.05, 0) is 43.4 Å². The fraction of sp³-hybridized carbons (Fsp3) is 0.500. The number of fused-ring (bicyclic) bond motifs is 1. The number of nitrogens with one attached hydrogen (secondary N) is 1. The lowest BCUT2D eigenvalue weighted by atomic mass is 9.78. The number of pyridine rings is 1. The molecular formula is C20H26N2O3S. The maximum Gasteiger partial charge on any atom is 0.238 e. The lowest BCUT2D eigenvalue weighted by molar-refractivity contribution is -0.121. The van der Waals surface area contributed by atoms with Gasteiger partial charge in [0.2, 0.25) is 15.7 Å². The van der Waals surface area contributed by atoms with Crippen LogP contribution in [-0.2, 0) is 14.6 Å². The third-order valence-electron chi connectivity index (χ3n) is 5.73. The second-order valence-electron chi connectivity index (χ2n) is 7.41. The maximum atomic E-state index is 12.9. The quantitative estimate of drug-likeness (QED) is 0.890. The first-order valence-corrected chi connectivity index (χ1v) is 10.8. The average molecular weight is 375 g/mol. The van der Waals surface area contributed by atoms with Gasteiger partial charge in [0.15, 0.2) is 5.03 Å². The molecule has 1 heterocycles. The number of sulfone groups is 1. The van der Waals surface area contributed by atoms with Crippen molar-refractivity contribution < 1.29 is 13.2 Å². The number of rotatable bonds is 4. The van der Waals surface area contributed by atoms with Crippen LogP contribution in [0.25, 0.3) is 10.9 Å². The SMILES string of the molecule is C[C@H]1[C@H](C)CCC[C@@H]1NC(=O)[C@@H](C)S(=O)(=O)c1ccc2ccccc2n1. The first-order valence-electron chi connectivity index (χ1n) is 9.21. The molecule has 0 aliphatic heterocycles. The third-order valence-corrected chi connectivity index (χ3v) is 7.69. The molecule has 0 bridgehead atoms. The van der Waals surface area contributed by atoms with Gasteiger partial charge < -0.3 is 5.32 Å². The molecule has 3 rings (SSSR count). The molecule has 26 heavy (non-hydrogen) atoms. The van der Waals surface area contributed by atoms with E-state index in [9.17, 15) is 13.2 Å². The Morgan fingerprint density at radius 3 is 2.65 bits per heavy atom. The van der Waals surface area contributed by atoms with Crippen molar-refractivity contribution in [2.45, 2.75) is 56.4 Å². The highest BCUT2D eigenvalue weighted by Crippen LogP contribution is 2.29. The van der Waals surface area contributed by atoms with E-state index in [1.807, 2.05) is 18.2 Å². The summed E-state index contributed by atoms with van der Waals surface area (Å²) < 4.78 is 25.8. The highest BCUT2D eigenvalue weighted by molar-refractivity contribution is 7.92. The van der Waals surface area contributed by atoms with Gasteiger partial charge in [0, 0.05) is 11.4 Å². The zero-order valence-corrected chi connectivity index (χ0v) is 16.3. The van der Waals surface area contributed by atoms with Crippen LogP contribution in [-0.4, -0.2) is 30.6 Å². The smallest absolute Gasteiger partial charge is 0.238 e. The molecule has 1 aliphatic carbocycles. The molecule has 0 spiro atoms. The predicted octanol–water partition coefficient (Wildman–Crippen LogP) is 3.34. The standard InChI is InChI=1S/C20H26N2O3S/c1-13-7-6-10-17(14(13)2)22-20(23)15(3)26(24,25)19-12-11-16-8-4-5-9-18(16)21-19/h4-5,8-9,11-15,17H,6-7,10H2,1-3H3,(H,22,23)/t13-,14+,15-,17+/m1/s1. The van der Waals surface area contributed by atoms with Gasteiger partial charge in [-0.3, -0.25) is 4.79 Å². The van der Waals surface area contributed by atoms with Crippen molar-refractivity contribution in [2.75, 3.05) is 0 Å². The van der Waals surface area contributed by atoms with E-state index in [1.165, 1.54) is 13.0 Å². The van der Waals surface area contributed by atoms with Gasteiger partial charge >= 0.3 is 0 Å². The van der Waals surface area contributed by atoms with Crippen molar-refractivity contribution in [3.05, 3.63) is 36.4 Å². The number of carbonyl (C=O) groups is 1. The van der Waals surface area contributed by atoms with Crippen LogP contribution in [0.1, 0.15) is 40.0 Å². The second-order valence-corrected chi connectivity index (χ2v) is 9.63. The minimum atomic E-state index is -3.83. The molecule has 1 N–H and O–H groups in total. The van der Waals surface area contributed by atoms with E-state index in [1.54, 1.807) is 12.1 Å². The summed E-state index contributed by atoms with van der Waals surface area (Å²) in [5.41, 5.74) is 0.607. The second kappa shape index (κ2) is 7.35. The van der Waals surface area contributed by atoms with E-state index >= 15 is 0 Å². The molecule has 6 heteroatoms. The third kappa shape index (κ3) is 3.61. The number of amides is 1. The fourth-order valence-electron chi connectivity index (χ4n) is 3.61. The number of nitrogens with zero attached hydrogens (tertiary/aromatic N) is 1. The van der Waals surface area contributed by atoms with Crippen LogP contribution in [0.15, 0.2) is 41.4 Å². The topological polar surface area (TPSA) is 76.1 Å².